The van der Waals surface area contributed by atoms with E-state index in [-0.39, 0.29) is 12.2 Å². The lowest BCUT2D eigenvalue weighted by molar-refractivity contribution is -0.384. The minimum atomic E-state index is -1.01. The smallest absolute Gasteiger partial charge is 0.323 e. The monoisotopic (exact) mass is 252 g/mol. The predicted molar refractivity (Wildman–Crippen MR) is 68.1 cm³/mol. The Hall–Kier alpha value is -2.11. The number of nitro benzene ring substituents is 1. The summed E-state index contributed by atoms with van der Waals surface area (Å²) in [5, 5.41) is 19.8. The van der Waals surface area contributed by atoms with E-state index in [2.05, 4.69) is 0 Å². The van der Waals surface area contributed by atoms with E-state index in [1.54, 1.807) is 19.9 Å². The van der Waals surface area contributed by atoms with Crippen LogP contribution in [-0.4, -0.2) is 29.1 Å². The first-order chi connectivity index (χ1) is 8.36. The summed E-state index contributed by atoms with van der Waals surface area (Å²) < 4.78 is 0. The molecule has 0 spiro atoms. The van der Waals surface area contributed by atoms with Gasteiger partial charge < -0.3 is 10.0 Å². The molecule has 6 heteroatoms. The summed E-state index contributed by atoms with van der Waals surface area (Å²) in [5.41, 5.74) is 2.02. The van der Waals surface area contributed by atoms with Gasteiger partial charge in [0.25, 0.3) is 5.69 Å². The molecule has 1 aromatic rings. The van der Waals surface area contributed by atoms with Gasteiger partial charge in [-0.05, 0) is 38.0 Å². The molecule has 0 saturated carbocycles. The van der Waals surface area contributed by atoms with Crippen LogP contribution in [0.4, 0.5) is 11.4 Å². The van der Waals surface area contributed by atoms with Crippen LogP contribution in [0.25, 0.3) is 0 Å². The average Bonchev–Trinajstić information content (AvgIpc) is 2.28. The molecule has 0 aromatic heterocycles. The van der Waals surface area contributed by atoms with Gasteiger partial charge in [-0.15, -0.1) is 0 Å². The first kappa shape index (κ1) is 14.0. The molecule has 0 aliphatic rings. The highest BCUT2D eigenvalue weighted by Crippen LogP contribution is 2.31. The van der Waals surface area contributed by atoms with Crippen molar-refractivity contribution in [2.24, 2.45) is 0 Å². The number of anilines is 1. The molecule has 0 unspecified atom stereocenters. The summed E-state index contributed by atoms with van der Waals surface area (Å²) in [6.07, 6.45) is 0. The predicted octanol–water partition coefficient (Wildman–Crippen LogP) is 2.12. The van der Waals surface area contributed by atoms with Gasteiger partial charge in [0.15, 0.2) is 0 Å². The third-order valence-electron chi connectivity index (χ3n) is 2.84. The van der Waals surface area contributed by atoms with Crippen LogP contribution in [0.2, 0.25) is 0 Å². The normalized spacial score (nSPS) is 10.2. The summed E-state index contributed by atoms with van der Waals surface area (Å²) in [5.74, 6) is -1.01. The summed E-state index contributed by atoms with van der Waals surface area (Å²) in [6, 6.07) is 3.15. The van der Waals surface area contributed by atoms with Gasteiger partial charge in [-0.25, -0.2) is 0 Å². The number of aliphatic carboxylic acids is 1. The highest BCUT2D eigenvalue weighted by atomic mass is 16.6. The molecule has 0 heterocycles. The number of nitro groups is 1. The van der Waals surface area contributed by atoms with Gasteiger partial charge in [-0.1, -0.05) is 0 Å². The second-order valence-corrected chi connectivity index (χ2v) is 4.09. The van der Waals surface area contributed by atoms with Gasteiger partial charge in [-0.2, -0.15) is 0 Å². The van der Waals surface area contributed by atoms with E-state index < -0.39 is 10.9 Å². The lowest BCUT2D eigenvalue weighted by Gasteiger charge is -2.21. The lowest BCUT2D eigenvalue weighted by Crippen LogP contribution is -2.30. The molecule has 0 aliphatic carbocycles. The molecule has 98 valence electrons. The van der Waals surface area contributed by atoms with Gasteiger partial charge in [0.05, 0.1) is 4.92 Å². The Balaban J connectivity index is 3.31. The van der Waals surface area contributed by atoms with E-state index in [1.807, 2.05) is 6.92 Å². The zero-order chi connectivity index (χ0) is 13.9. The van der Waals surface area contributed by atoms with Crippen LogP contribution >= 0.6 is 0 Å². The minimum absolute atomic E-state index is 0.0544. The standard InChI is InChI=1S/C12H16N2O4/c1-4-13(7-12(15)16)10-5-8(2)9(3)6-11(10)14(17)18/h5-6H,4,7H2,1-3H3,(H,15,16). The topological polar surface area (TPSA) is 83.7 Å². The molecule has 0 bridgehead atoms. The molecule has 1 N–H and O–H groups in total. The second kappa shape index (κ2) is 5.48. The summed E-state index contributed by atoms with van der Waals surface area (Å²) in [7, 11) is 0. The summed E-state index contributed by atoms with van der Waals surface area (Å²) in [6.45, 7) is 5.55. The number of nitrogens with zero attached hydrogens (tertiary/aromatic N) is 2. The van der Waals surface area contributed by atoms with E-state index in [0.29, 0.717) is 12.2 Å². The Bertz CT molecular complexity index is 485. The van der Waals surface area contributed by atoms with Crippen LogP contribution in [0, 0.1) is 24.0 Å². The highest BCUT2D eigenvalue weighted by molar-refractivity contribution is 5.76. The summed E-state index contributed by atoms with van der Waals surface area (Å²) in [4.78, 5) is 22.8. The number of rotatable bonds is 5. The number of hydrogen-bond donors (Lipinski definition) is 1. The Labute approximate surface area is 105 Å². The van der Waals surface area contributed by atoms with E-state index >= 15 is 0 Å². The Morgan fingerprint density at radius 2 is 1.94 bits per heavy atom. The fourth-order valence-electron chi connectivity index (χ4n) is 1.72. The highest BCUT2D eigenvalue weighted by Gasteiger charge is 2.21. The maximum atomic E-state index is 11.0. The molecule has 6 nitrogen and oxygen atoms in total. The number of carbonyl (C=O) groups is 1. The molecular weight excluding hydrogens is 236 g/mol. The van der Waals surface area contributed by atoms with Crippen LogP contribution in [0.3, 0.4) is 0 Å². The molecule has 1 rings (SSSR count). The van der Waals surface area contributed by atoms with Crippen molar-refractivity contribution in [3.8, 4) is 0 Å². The number of aryl methyl sites for hydroxylation is 2. The van der Waals surface area contributed by atoms with Crippen molar-refractivity contribution < 1.29 is 14.8 Å². The zero-order valence-corrected chi connectivity index (χ0v) is 10.6. The van der Waals surface area contributed by atoms with Gasteiger partial charge in [0.1, 0.15) is 12.2 Å². The molecule has 0 aliphatic heterocycles. The quantitative estimate of drug-likeness (QED) is 0.641. The van der Waals surface area contributed by atoms with Gasteiger partial charge in [0.2, 0.25) is 0 Å². The molecule has 0 fully saturated rings. The van der Waals surface area contributed by atoms with Crippen molar-refractivity contribution >= 4 is 17.3 Å². The summed E-state index contributed by atoms with van der Waals surface area (Å²) >= 11 is 0. The van der Waals surface area contributed by atoms with Crippen molar-refractivity contribution in [2.75, 3.05) is 18.0 Å². The second-order valence-electron chi connectivity index (χ2n) is 4.09. The SMILES string of the molecule is CCN(CC(=O)O)c1cc(C)c(C)cc1[N+](=O)[O-]. The number of carboxylic acid groups (broad SMARTS) is 1. The number of likely N-dealkylation sites (N-methyl/N-ethyl adjacent to an activating group) is 1. The van der Waals surface area contributed by atoms with Crippen molar-refractivity contribution in [2.45, 2.75) is 20.8 Å². The third kappa shape index (κ3) is 2.97. The fourth-order valence-corrected chi connectivity index (χ4v) is 1.72. The average molecular weight is 252 g/mol. The number of benzene rings is 1. The first-order valence-electron chi connectivity index (χ1n) is 5.59. The van der Waals surface area contributed by atoms with Crippen molar-refractivity contribution in [3.63, 3.8) is 0 Å². The zero-order valence-electron chi connectivity index (χ0n) is 10.6. The van der Waals surface area contributed by atoms with Crippen LogP contribution in [-0.2, 0) is 4.79 Å². The third-order valence-corrected chi connectivity index (χ3v) is 2.84. The van der Waals surface area contributed by atoms with E-state index in [0.717, 1.165) is 11.1 Å². The molecule has 0 saturated heterocycles. The number of hydrogen-bond acceptors (Lipinski definition) is 4. The van der Waals surface area contributed by atoms with E-state index in [4.69, 9.17) is 5.11 Å². The van der Waals surface area contributed by atoms with Gasteiger partial charge in [-0.3, -0.25) is 14.9 Å². The van der Waals surface area contributed by atoms with Crippen molar-refractivity contribution in [3.05, 3.63) is 33.4 Å². The number of carboxylic acids is 1. The molecular formula is C12H16N2O4. The van der Waals surface area contributed by atoms with Crippen molar-refractivity contribution in [1.82, 2.24) is 0 Å². The van der Waals surface area contributed by atoms with E-state index in [1.165, 1.54) is 11.0 Å². The maximum Gasteiger partial charge on any atom is 0.323 e. The Morgan fingerprint density at radius 1 is 1.39 bits per heavy atom. The molecule has 0 atom stereocenters. The van der Waals surface area contributed by atoms with Crippen LogP contribution in [0.5, 0.6) is 0 Å². The maximum absolute atomic E-state index is 11.0. The van der Waals surface area contributed by atoms with Crippen LogP contribution in [0.1, 0.15) is 18.1 Å². The van der Waals surface area contributed by atoms with Crippen LogP contribution in [0.15, 0.2) is 12.1 Å². The molecule has 0 amide bonds. The Morgan fingerprint density at radius 3 is 2.39 bits per heavy atom. The fraction of sp³-hybridized carbons (Fsp3) is 0.417. The molecule has 1 aromatic carbocycles. The molecule has 0 radical (unpaired) electrons. The first-order valence-corrected chi connectivity index (χ1v) is 5.59. The molecule has 18 heavy (non-hydrogen) atoms. The Kier molecular flexibility index (Phi) is 4.25. The minimum Gasteiger partial charge on any atom is -0.480 e. The van der Waals surface area contributed by atoms with E-state index in [9.17, 15) is 14.9 Å². The van der Waals surface area contributed by atoms with Crippen molar-refractivity contribution in [1.29, 1.82) is 0 Å². The largest absolute Gasteiger partial charge is 0.480 e. The van der Waals surface area contributed by atoms with Gasteiger partial charge in [0, 0.05) is 12.6 Å². The lowest BCUT2D eigenvalue weighted by atomic mass is 10.1. The van der Waals surface area contributed by atoms with Crippen LogP contribution < -0.4 is 4.90 Å². The van der Waals surface area contributed by atoms with Gasteiger partial charge >= 0.3 is 5.97 Å².